The summed E-state index contributed by atoms with van der Waals surface area (Å²) >= 11 is 3.41. The van der Waals surface area contributed by atoms with Crippen LogP contribution in [0.2, 0.25) is 0 Å². The summed E-state index contributed by atoms with van der Waals surface area (Å²) in [7, 11) is 1.68. The van der Waals surface area contributed by atoms with Gasteiger partial charge in [-0.05, 0) is 18.2 Å². The van der Waals surface area contributed by atoms with E-state index in [1.165, 1.54) is 0 Å². The van der Waals surface area contributed by atoms with Crippen molar-refractivity contribution in [2.24, 2.45) is 0 Å². The molecule has 0 spiro atoms. The normalized spacial score (nSPS) is 20.7. The standard InChI is InChI=1S/C9H9BrO2/c1-11-8-3-2-6(10)4-7(8)9-5-12-9/h2-4,9H,5H2,1H3/t9-/m1/s1. The molecule has 0 saturated carbocycles. The number of rotatable bonds is 2. The molecular weight excluding hydrogens is 220 g/mol. The molecule has 2 rings (SSSR count). The van der Waals surface area contributed by atoms with Gasteiger partial charge in [0.2, 0.25) is 0 Å². The second kappa shape index (κ2) is 3.07. The van der Waals surface area contributed by atoms with E-state index >= 15 is 0 Å². The number of epoxide rings is 1. The summed E-state index contributed by atoms with van der Waals surface area (Å²) in [4.78, 5) is 0. The number of methoxy groups -OCH3 is 1. The molecule has 1 aromatic rings. The highest BCUT2D eigenvalue weighted by Gasteiger charge is 2.27. The number of hydrogen-bond acceptors (Lipinski definition) is 2. The molecule has 1 aliphatic heterocycles. The Labute approximate surface area is 79.6 Å². The smallest absolute Gasteiger partial charge is 0.124 e. The van der Waals surface area contributed by atoms with Crippen LogP contribution in [-0.2, 0) is 4.74 Å². The third-order valence-electron chi connectivity index (χ3n) is 1.87. The fraction of sp³-hybridized carbons (Fsp3) is 0.333. The second-order valence-corrected chi connectivity index (χ2v) is 3.62. The van der Waals surface area contributed by atoms with Gasteiger partial charge in [0.15, 0.2) is 0 Å². The Kier molecular flexibility index (Phi) is 2.07. The summed E-state index contributed by atoms with van der Waals surface area (Å²) in [6.07, 6.45) is 0.248. The maximum absolute atomic E-state index is 5.20. The van der Waals surface area contributed by atoms with Gasteiger partial charge in [-0.3, -0.25) is 0 Å². The minimum absolute atomic E-state index is 0.248. The number of benzene rings is 1. The number of halogens is 1. The number of hydrogen-bond donors (Lipinski definition) is 0. The second-order valence-electron chi connectivity index (χ2n) is 2.71. The molecule has 1 heterocycles. The minimum Gasteiger partial charge on any atom is -0.496 e. The Hall–Kier alpha value is -0.540. The van der Waals surface area contributed by atoms with Crippen LogP contribution < -0.4 is 4.74 Å². The SMILES string of the molecule is COc1ccc(Br)cc1[C@H]1CO1. The third-order valence-corrected chi connectivity index (χ3v) is 2.37. The van der Waals surface area contributed by atoms with Gasteiger partial charge in [-0.2, -0.15) is 0 Å². The van der Waals surface area contributed by atoms with Gasteiger partial charge in [0, 0.05) is 10.0 Å². The summed E-state index contributed by atoms with van der Waals surface area (Å²) in [6, 6.07) is 5.95. The first kappa shape index (κ1) is 8.08. The van der Waals surface area contributed by atoms with E-state index in [0.717, 1.165) is 22.4 Å². The van der Waals surface area contributed by atoms with Gasteiger partial charge < -0.3 is 9.47 Å². The van der Waals surface area contributed by atoms with Gasteiger partial charge in [-0.1, -0.05) is 15.9 Å². The third kappa shape index (κ3) is 1.47. The van der Waals surface area contributed by atoms with Crippen molar-refractivity contribution < 1.29 is 9.47 Å². The Morgan fingerprint density at radius 3 is 2.92 bits per heavy atom. The van der Waals surface area contributed by atoms with Crippen molar-refractivity contribution >= 4 is 15.9 Å². The number of ether oxygens (including phenoxy) is 2. The lowest BCUT2D eigenvalue weighted by Gasteiger charge is -2.05. The maximum atomic E-state index is 5.20. The average molecular weight is 229 g/mol. The van der Waals surface area contributed by atoms with E-state index in [1.54, 1.807) is 7.11 Å². The lowest BCUT2D eigenvalue weighted by atomic mass is 10.1. The van der Waals surface area contributed by atoms with E-state index < -0.39 is 0 Å². The van der Waals surface area contributed by atoms with E-state index in [2.05, 4.69) is 15.9 Å². The molecule has 1 aliphatic rings. The molecule has 1 fully saturated rings. The van der Waals surface area contributed by atoms with Gasteiger partial charge in [0.1, 0.15) is 11.9 Å². The van der Waals surface area contributed by atoms with E-state index in [9.17, 15) is 0 Å². The zero-order valence-corrected chi connectivity index (χ0v) is 8.30. The van der Waals surface area contributed by atoms with Crippen molar-refractivity contribution in [2.75, 3.05) is 13.7 Å². The minimum atomic E-state index is 0.248. The summed E-state index contributed by atoms with van der Waals surface area (Å²) < 4.78 is 11.5. The summed E-state index contributed by atoms with van der Waals surface area (Å²) in [6.45, 7) is 0.812. The Balaban J connectivity index is 2.39. The van der Waals surface area contributed by atoms with Crippen LogP contribution in [0.15, 0.2) is 22.7 Å². The highest BCUT2D eigenvalue weighted by molar-refractivity contribution is 9.10. The molecule has 0 radical (unpaired) electrons. The Bertz CT molecular complexity index is 295. The lowest BCUT2D eigenvalue weighted by molar-refractivity contribution is 0.383. The predicted octanol–water partition coefficient (Wildman–Crippen LogP) is 2.53. The molecule has 0 bridgehead atoms. The molecule has 1 saturated heterocycles. The molecule has 0 amide bonds. The summed E-state index contributed by atoms with van der Waals surface area (Å²) in [5, 5.41) is 0. The van der Waals surface area contributed by atoms with Gasteiger partial charge in [-0.25, -0.2) is 0 Å². The van der Waals surface area contributed by atoms with Crippen LogP contribution in [0.1, 0.15) is 11.7 Å². The largest absolute Gasteiger partial charge is 0.496 e. The first-order valence-corrected chi connectivity index (χ1v) is 4.55. The van der Waals surface area contributed by atoms with Crippen LogP contribution in [0.4, 0.5) is 0 Å². The first-order chi connectivity index (χ1) is 5.81. The zero-order valence-electron chi connectivity index (χ0n) is 6.71. The molecule has 0 aliphatic carbocycles. The molecule has 0 aromatic heterocycles. The van der Waals surface area contributed by atoms with E-state index in [1.807, 2.05) is 18.2 Å². The molecule has 64 valence electrons. The van der Waals surface area contributed by atoms with Crippen LogP contribution in [0.5, 0.6) is 5.75 Å². The molecule has 12 heavy (non-hydrogen) atoms. The topological polar surface area (TPSA) is 21.8 Å². The molecule has 2 nitrogen and oxygen atoms in total. The molecule has 1 atom stereocenters. The molecule has 0 N–H and O–H groups in total. The average Bonchev–Trinajstić information content (AvgIpc) is 2.87. The highest BCUT2D eigenvalue weighted by atomic mass is 79.9. The fourth-order valence-electron chi connectivity index (χ4n) is 1.18. The van der Waals surface area contributed by atoms with Gasteiger partial charge in [0.05, 0.1) is 13.7 Å². The van der Waals surface area contributed by atoms with E-state index in [-0.39, 0.29) is 6.10 Å². The van der Waals surface area contributed by atoms with Crippen LogP contribution in [0.3, 0.4) is 0 Å². The zero-order chi connectivity index (χ0) is 8.55. The van der Waals surface area contributed by atoms with Crippen LogP contribution in [0.25, 0.3) is 0 Å². The van der Waals surface area contributed by atoms with E-state index in [0.29, 0.717) is 0 Å². The molecule has 0 unspecified atom stereocenters. The predicted molar refractivity (Wildman–Crippen MR) is 49.4 cm³/mol. The Morgan fingerprint density at radius 1 is 1.58 bits per heavy atom. The van der Waals surface area contributed by atoms with Crippen molar-refractivity contribution in [2.45, 2.75) is 6.10 Å². The van der Waals surface area contributed by atoms with E-state index in [4.69, 9.17) is 9.47 Å². The highest BCUT2D eigenvalue weighted by Crippen LogP contribution is 2.37. The molecule has 3 heteroatoms. The van der Waals surface area contributed by atoms with Gasteiger partial charge in [-0.15, -0.1) is 0 Å². The summed E-state index contributed by atoms with van der Waals surface area (Å²) in [5.41, 5.74) is 1.13. The maximum Gasteiger partial charge on any atom is 0.124 e. The van der Waals surface area contributed by atoms with Crippen molar-refractivity contribution in [3.05, 3.63) is 28.2 Å². The van der Waals surface area contributed by atoms with Crippen LogP contribution in [-0.4, -0.2) is 13.7 Å². The van der Waals surface area contributed by atoms with Crippen molar-refractivity contribution in [3.63, 3.8) is 0 Å². The first-order valence-electron chi connectivity index (χ1n) is 3.76. The lowest BCUT2D eigenvalue weighted by Crippen LogP contribution is -1.90. The van der Waals surface area contributed by atoms with Crippen LogP contribution in [0, 0.1) is 0 Å². The van der Waals surface area contributed by atoms with Gasteiger partial charge >= 0.3 is 0 Å². The monoisotopic (exact) mass is 228 g/mol. The van der Waals surface area contributed by atoms with Gasteiger partial charge in [0.25, 0.3) is 0 Å². The molecule has 1 aromatic carbocycles. The van der Waals surface area contributed by atoms with Crippen LogP contribution >= 0.6 is 15.9 Å². The quantitative estimate of drug-likeness (QED) is 0.727. The molecular formula is C9H9BrO2. The fourth-order valence-corrected chi connectivity index (χ4v) is 1.56. The van der Waals surface area contributed by atoms with Crippen molar-refractivity contribution in [1.82, 2.24) is 0 Å². The van der Waals surface area contributed by atoms with Crippen molar-refractivity contribution in [3.8, 4) is 5.75 Å². The van der Waals surface area contributed by atoms with Crippen molar-refractivity contribution in [1.29, 1.82) is 0 Å². The Morgan fingerprint density at radius 2 is 2.33 bits per heavy atom. The summed E-state index contributed by atoms with van der Waals surface area (Å²) in [5.74, 6) is 0.903.